The second-order valence-electron chi connectivity index (χ2n) is 7.31. The first-order chi connectivity index (χ1) is 11.9. The SMILES string of the molecule is CC(C)CN(C(=O)Cc1cccc2ccccc12)C1CCS(=O)(=O)C1. The van der Waals surface area contributed by atoms with Crippen molar-refractivity contribution in [2.24, 2.45) is 5.92 Å². The zero-order valence-electron chi connectivity index (χ0n) is 14.8. The second-order valence-corrected chi connectivity index (χ2v) is 9.54. The topological polar surface area (TPSA) is 54.5 Å². The van der Waals surface area contributed by atoms with Crippen molar-refractivity contribution in [3.8, 4) is 0 Å². The molecule has 1 heterocycles. The van der Waals surface area contributed by atoms with Gasteiger partial charge in [-0.05, 0) is 28.7 Å². The lowest BCUT2D eigenvalue weighted by Gasteiger charge is -2.30. The van der Waals surface area contributed by atoms with Crippen LogP contribution in [0.25, 0.3) is 10.8 Å². The Labute approximate surface area is 149 Å². The van der Waals surface area contributed by atoms with E-state index >= 15 is 0 Å². The standard InChI is InChI=1S/C20H25NO3S/c1-15(2)13-21(18-10-11-25(23,24)14-18)20(22)12-17-8-5-7-16-6-3-4-9-19(16)17/h3-9,15,18H,10-14H2,1-2H3. The molecular formula is C20H25NO3S. The number of nitrogens with zero attached hydrogens (tertiary/aromatic N) is 1. The van der Waals surface area contributed by atoms with Crippen LogP contribution in [0.2, 0.25) is 0 Å². The van der Waals surface area contributed by atoms with Crippen LogP contribution in [0.3, 0.4) is 0 Å². The molecule has 2 aromatic rings. The fourth-order valence-electron chi connectivity index (χ4n) is 3.58. The zero-order chi connectivity index (χ0) is 18.0. The predicted octanol–water partition coefficient (Wildman–Crippen LogP) is 3.05. The van der Waals surface area contributed by atoms with Crippen LogP contribution in [0.4, 0.5) is 0 Å². The van der Waals surface area contributed by atoms with E-state index in [4.69, 9.17) is 0 Å². The highest BCUT2D eigenvalue weighted by Crippen LogP contribution is 2.23. The van der Waals surface area contributed by atoms with E-state index in [1.807, 2.05) is 42.5 Å². The van der Waals surface area contributed by atoms with E-state index in [0.29, 0.717) is 25.3 Å². The lowest BCUT2D eigenvalue weighted by molar-refractivity contribution is -0.132. The van der Waals surface area contributed by atoms with Gasteiger partial charge in [0, 0.05) is 12.6 Å². The Morgan fingerprint density at radius 3 is 2.56 bits per heavy atom. The lowest BCUT2D eigenvalue weighted by Crippen LogP contribution is -2.44. The summed E-state index contributed by atoms with van der Waals surface area (Å²) < 4.78 is 23.7. The maximum Gasteiger partial charge on any atom is 0.227 e. The Bertz CT molecular complexity index is 868. The molecule has 0 aliphatic carbocycles. The minimum atomic E-state index is -3.01. The summed E-state index contributed by atoms with van der Waals surface area (Å²) in [7, 11) is -3.01. The van der Waals surface area contributed by atoms with E-state index in [1.54, 1.807) is 4.90 Å². The van der Waals surface area contributed by atoms with Crippen LogP contribution in [0.15, 0.2) is 42.5 Å². The first-order valence-corrected chi connectivity index (χ1v) is 10.6. The van der Waals surface area contributed by atoms with Crippen molar-refractivity contribution in [2.75, 3.05) is 18.1 Å². The largest absolute Gasteiger partial charge is 0.338 e. The van der Waals surface area contributed by atoms with Crippen molar-refractivity contribution < 1.29 is 13.2 Å². The molecule has 1 aliphatic heterocycles. The van der Waals surface area contributed by atoms with Crippen LogP contribution < -0.4 is 0 Å². The smallest absolute Gasteiger partial charge is 0.227 e. The van der Waals surface area contributed by atoms with Crippen LogP contribution in [0.5, 0.6) is 0 Å². The van der Waals surface area contributed by atoms with Crippen molar-refractivity contribution in [2.45, 2.75) is 32.7 Å². The number of rotatable bonds is 5. The predicted molar refractivity (Wildman–Crippen MR) is 101 cm³/mol. The third kappa shape index (κ3) is 4.21. The molecule has 1 amide bonds. The van der Waals surface area contributed by atoms with Gasteiger partial charge in [-0.3, -0.25) is 4.79 Å². The average molecular weight is 359 g/mol. The number of hydrogen-bond donors (Lipinski definition) is 0. The van der Waals surface area contributed by atoms with Crippen LogP contribution in [-0.4, -0.2) is 43.3 Å². The molecule has 134 valence electrons. The number of carbonyl (C=O) groups is 1. The first kappa shape index (κ1) is 17.9. The van der Waals surface area contributed by atoms with Gasteiger partial charge < -0.3 is 4.90 Å². The second kappa shape index (κ2) is 7.16. The fraction of sp³-hybridized carbons (Fsp3) is 0.450. The molecular weight excluding hydrogens is 334 g/mol. The highest BCUT2D eigenvalue weighted by Gasteiger charge is 2.34. The Morgan fingerprint density at radius 2 is 1.88 bits per heavy atom. The van der Waals surface area contributed by atoms with E-state index in [2.05, 4.69) is 13.8 Å². The van der Waals surface area contributed by atoms with Gasteiger partial charge in [0.1, 0.15) is 0 Å². The van der Waals surface area contributed by atoms with E-state index in [0.717, 1.165) is 16.3 Å². The summed E-state index contributed by atoms with van der Waals surface area (Å²) in [6, 6.07) is 13.8. The molecule has 0 bridgehead atoms. The van der Waals surface area contributed by atoms with E-state index in [9.17, 15) is 13.2 Å². The molecule has 0 aromatic heterocycles. The van der Waals surface area contributed by atoms with Crippen molar-refractivity contribution >= 4 is 26.5 Å². The molecule has 1 aliphatic rings. The van der Waals surface area contributed by atoms with Gasteiger partial charge in [0.25, 0.3) is 0 Å². The zero-order valence-corrected chi connectivity index (χ0v) is 15.6. The summed E-state index contributed by atoms with van der Waals surface area (Å²) >= 11 is 0. The minimum absolute atomic E-state index is 0.0205. The molecule has 4 nitrogen and oxygen atoms in total. The molecule has 5 heteroatoms. The van der Waals surface area contributed by atoms with Gasteiger partial charge in [0.05, 0.1) is 17.9 Å². The molecule has 25 heavy (non-hydrogen) atoms. The number of sulfone groups is 1. The third-order valence-corrected chi connectivity index (χ3v) is 6.50. The van der Waals surface area contributed by atoms with E-state index in [1.165, 1.54) is 0 Å². The summed E-state index contributed by atoms with van der Waals surface area (Å²) in [5, 5.41) is 2.20. The van der Waals surface area contributed by atoms with Gasteiger partial charge >= 0.3 is 0 Å². The Kier molecular flexibility index (Phi) is 5.13. The van der Waals surface area contributed by atoms with E-state index in [-0.39, 0.29) is 23.5 Å². The van der Waals surface area contributed by atoms with Crippen molar-refractivity contribution in [3.63, 3.8) is 0 Å². The molecule has 0 saturated carbocycles. The summed E-state index contributed by atoms with van der Waals surface area (Å²) in [6.45, 7) is 4.72. The Hall–Kier alpha value is -1.88. The Morgan fingerprint density at radius 1 is 1.16 bits per heavy atom. The normalized spacial score (nSPS) is 19.4. The number of fused-ring (bicyclic) bond motifs is 1. The van der Waals surface area contributed by atoms with Gasteiger partial charge in [-0.2, -0.15) is 0 Å². The average Bonchev–Trinajstić information content (AvgIpc) is 2.92. The van der Waals surface area contributed by atoms with Gasteiger partial charge in [-0.25, -0.2) is 8.42 Å². The van der Waals surface area contributed by atoms with Crippen molar-refractivity contribution in [3.05, 3.63) is 48.0 Å². The molecule has 1 saturated heterocycles. The number of carbonyl (C=O) groups excluding carboxylic acids is 1. The Balaban J connectivity index is 1.85. The van der Waals surface area contributed by atoms with Crippen LogP contribution in [0, 0.1) is 5.92 Å². The minimum Gasteiger partial charge on any atom is -0.338 e. The van der Waals surface area contributed by atoms with Gasteiger partial charge in [0.15, 0.2) is 9.84 Å². The van der Waals surface area contributed by atoms with Gasteiger partial charge in [0.2, 0.25) is 5.91 Å². The van der Waals surface area contributed by atoms with Crippen molar-refractivity contribution in [1.29, 1.82) is 0 Å². The van der Waals surface area contributed by atoms with Crippen LogP contribution in [0.1, 0.15) is 25.8 Å². The molecule has 0 spiro atoms. The third-order valence-electron chi connectivity index (χ3n) is 4.75. The molecule has 2 aromatic carbocycles. The molecule has 1 atom stereocenters. The summed E-state index contributed by atoms with van der Waals surface area (Å²) in [6.07, 6.45) is 0.862. The first-order valence-electron chi connectivity index (χ1n) is 8.82. The van der Waals surface area contributed by atoms with Crippen LogP contribution in [-0.2, 0) is 21.1 Å². The van der Waals surface area contributed by atoms with Gasteiger partial charge in [-0.1, -0.05) is 56.3 Å². The maximum atomic E-state index is 13.0. The number of hydrogen-bond acceptors (Lipinski definition) is 3. The fourth-order valence-corrected chi connectivity index (χ4v) is 5.31. The maximum absolute atomic E-state index is 13.0. The molecule has 0 N–H and O–H groups in total. The lowest BCUT2D eigenvalue weighted by atomic mass is 10.0. The molecule has 1 fully saturated rings. The molecule has 1 unspecified atom stereocenters. The summed E-state index contributed by atoms with van der Waals surface area (Å²) in [4.78, 5) is 14.8. The highest BCUT2D eigenvalue weighted by atomic mass is 32.2. The number of benzene rings is 2. The molecule has 0 radical (unpaired) electrons. The molecule has 3 rings (SSSR count). The number of amides is 1. The van der Waals surface area contributed by atoms with Crippen molar-refractivity contribution in [1.82, 2.24) is 4.90 Å². The highest BCUT2D eigenvalue weighted by molar-refractivity contribution is 7.91. The van der Waals surface area contributed by atoms with Gasteiger partial charge in [-0.15, -0.1) is 0 Å². The summed E-state index contributed by atoms with van der Waals surface area (Å²) in [5.41, 5.74) is 0.998. The van der Waals surface area contributed by atoms with E-state index < -0.39 is 9.84 Å². The quantitative estimate of drug-likeness (QED) is 0.824. The monoisotopic (exact) mass is 359 g/mol. The van der Waals surface area contributed by atoms with Crippen LogP contribution >= 0.6 is 0 Å². The summed E-state index contributed by atoms with van der Waals surface area (Å²) in [5.74, 6) is 0.612.